The molecule has 1 saturated heterocycles. The van der Waals surface area contributed by atoms with E-state index in [0.29, 0.717) is 13.1 Å². The predicted octanol–water partition coefficient (Wildman–Crippen LogP) is 2.61. The number of hydrogen-bond acceptors (Lipinski definition) is 3. The highest BCUT2D eigenvalue weighted by Gasteiger charge is 2.32. The van der Waals surface area contributed by atoms with Crippen molar-refractivity contribution in [2.24, 2.45) is 5.41 Å². The Balaban J connectivity index is 2.33. The summed E-state index contributed by atoms with van der Waals surface area (Å²) >= 11 is 0. The second kappa shape index (κ2) is 5.33. The van der Waals surface area contributed by atoms with Gasteiger partial charge in [0.15, 0.2) is 0 Å². The van der Waals surface area contributed by atoms with Crippen LogP contribution in [0.2, 0.25) is 0 Å². The lowest BCUT2D eigenvalue weighted by Crippen LogP contribution is -2.33. The molecule has 1 aromatic rings. The Morgan fingerprint density at radius 2 is 1.95 bits per heavy atom. The molecule has 1 heterocycles. The number of benzene rings is 1. The summed E-state index contributed by atoms with van der Waals surface area (Å²) in [6.45, 7) is 5.11. The third kappa shape index (κ3) is 3.12. The maximum atomic E-state index is 13.8. The van der Waals surface area contributed by atoms with E-state index < -0.39 is 15.8 Å². The highest BCUT2D eigenvalue weighted by atomic mass is 32.2. The van der Waals surface area contributed by atoms with Crippen LogP contribution in [0.1, 0.15) is 33.1 Å². The summed E-state index contributed by atoms with van der Waals surface area (Å²) in [6, 6.07) is 3.66. The van der Waals surface area contributed by atoms with Gasteiger partial charge in [0.25, 0.3) is 0 Å². The Kier molecular flexibility index (Phi) is 4.07. The third-order valence-corrected chi connectivity index (χ3v) is 5.79. The maximum Gasteiger partial charge on any atom is 0.246 e. The first-order valence-electron chi connectivity index (χ1n) is 6.78. The molecule has 0 unspecified atom stereocenters. The summed E-state index contributed by atoms with van der Waals surface area (Å²) in [5, 5.41) is 0. The third-order valence-electron chi connectivity index (χ3n) is 3.87. The van der Waals surface area contributed by atoms with Crippen LogP contribution in [0.4, 0.5) is 10.1 Å². The molecule has 6 heteroatoms. The standard InChI is InChI=1S/C14H21FN2O2S/c1-14(2)6-3-8-17(9-7-14)20(18,19)13-10-11(16)4-5-12(13)15/h4-5,10H,3,6-9,16H2,1-2H3. The molecule has 0 bridgehead atoms. The number of rotatable bonds is 2. The van der Waals surface area contributed by atoms with E-state index in [1.807, 2.05) is 0 Å². The van der Waals surface area contributed by atoms with Gasteiger partial charge in [-0.05, 0) is 42.9 Å². The Labute approximate surface area is 119 Å². The Bertz CT molecular complexity index is 599. The number of nitrogens with zero attached hydrogens (tertiary/aromatic N) is 1. The molecule has 1 aliphatic heterocycles. The van der Waals surface area contributed by atoms with Gasteiger partial charge in [-0.25, -0.2) is 12.8 Å². The second-order valence-corrected chi connectivity index (χ2v) is 8.02. The average molecular weight is 300 g/mol. The normalized spacial score (nSPS) is 20.6. The highest BCUT2D eigenvalue weighted by molar-refractivity contribution is 7.89. The van der Waals surface area contributed by atoms with Crippen LogP contribution in [0.25, 0.3) is 0 Å². The first kappa shape index (κ1) is 15.3. The minimum absolute atomic E-state index is 0.124. The van der Waals surface area contributed by atoms with E-state index >= 15 is 0 Å². The SMILES string of the molecule is CC1(C)CCCN(S(=O)(=O)c2cc(N)ccc2F)CC1. The summed E-state index contributed by atoms with van der Waals surface area (Å²) in [5.41, 5.74) is 5.95. The summed E-state index contributed by atoms with van der Waals surface area (Å²) < 4.78 is 40.3. The first-order chi connectivity index (χ1) is 9.22. The molecule has 112 valence electrons. The fraction of sp³-hybridized carbons (Fsp3) is 0.571. The van der Waals surface area contributed by atoms with Crippen molar-refractivity contribution in [3.8, 4) is 0 Å². The van der Waals surface area contributed by atoms with Gasteiger partial charge in [0, 0.05) is 18.8 Å². The van der Waals surface area contributed by atoms with Crippen LogP contribution in [0.5, 0.6) is 0 Å². The van der Waals surface area contributed by atoms with Crippen LogP contribution in [0.3, 0.4) is 0 Å². The molecule has 4 nitrogen and oxygen atoms in total. The molecule has 2 rings (SSSR count). The molecular formula is C14H21FN2O2S. The summed E-state index contributed by atoms with van der Waals surface area (Å²) in [5.74, 6) is -0.747. The van der Waals surface area contributed by atoms with Crippen LogP contribution in [-0.4, -0.2) is 25.8 Å². The second-order valence-electron chi connectivity index (χ2n) is 6.11. The molecular weight excluding hydrogens is 279 g/mol. The number of hydrogen-bond donors (Lipinski definition) is 1. The molecule has 0 aliphatic carbocycles. The van der Waals surface area contributed by atoms with Crippen LogP contribution < -0.4 is 5.73 Å². The van der Waals surface area contributed by atoms with E-state index in [9.17, 15) is 12.8 Å². The zero-order valence-corrected chi connectivity index (χ0v) is 12.7. The molecule has 2 N–H and O–H groups in total. The van der Waals surface area contributed by atoms with E-state index in [2.05, 4.69) is 13.8 Å². The number of sulfonamides is 1. The number of halogens is 1. The predicted molar refractivity (Wildman–Crippen MR) is 77.2 cm³/mol. The zero-order valence-electron chi connectivity index (χ0n) is 11.9. The van der Waals surface area contributed by atoms with Crippen molar-refractivity contribution in [3.63, 3.8) is 0 Å². The Morgan fingerprint density at radius 1 is 1.25 bits per heavy atom. The number of nitrogen functional groups attached to an aromatic ring is 1. The van der Waals surface area contributed by atoms with Crippen LogP contribution in [-0.2, 0) is 10.0 Å². The molecule has 20 heavy (non-hydrogen) atoms. The smallest absolute Gasteiger partial charge is 0.246 e. The molecule has 1 aromatic carbocycles. The first-order valence-corrected chi connectivity index (χ1v) is 8.22. The van der Waals surface area contributed by atoms with Gasteiger partial charge < -0.3 is 5.73 Å². The van der Waals surface area contributed by atoms with Crippen LogP contribution >= 0.6 is 0 Å². The Hall–Kier alpha value is -1.14. The van der Waals surface area contributed by atoms with Gasteiger partial charge in [-0.1, -0.05) is 13.8 Å². The monoisotopic (exact) mass is 300 g/mol. The van der Waals surface area contributed by atoms with Gasteiger partial charge in [-0.3, -0.25) is 0 Å². The molecule has 0 amide bonds. The van der Waals surface area contributed by atoms with E-state index in [-0.39, 0.29) is 16.0 Å². The van der Waals surface area contributed by atoms with Gasteiger partial charge in [0.05, 0.1) is 0 Å². The number of anilines is 1. The zero-order chi connectivity index (χ0) is 15.0. The summed E-state index contributed by atoms with van der Waals surface area (Å²) in [4.78, 5) is -0.322. The lowest BCUT2D eigenvalue weighted by atomic mass is 9.85. The van der Waals surface area contributed by atoms with Gasteiger partial charge in [0.2, 0.25) is 10.0 Å². The fourth-order valence-electron chi connectivity index (χ4n) is 2.50. The summed E-state index contributed by atoms with van der Waals surface area (Å²) in [7, 11) is -3.81. The molecule has 1 aliphatic rings. The van der Waals surface area contributed by atoms with E-state index in [1.165, 1.54) is 16.4 Å². The van der Waals surface area contributed by atoms with E-state index in [4.69, 9.17) is 5.73 Å². The molecule has 0 atom stereocenters. The lowest BCUT2D eigenvalue weighted by molar-refractivity contribution is 0.314. The highest BCUT2D eigenvalue weighted by Crippen LogP contribution is 2.32. The van der Waals surface area contributed by atoms with Crippen LogP contribution in [0, 0.1) is 11.2 Å². The largest absolute Gasteiger partial charge is 0.399 e. The van der Waals surface area contributed by atoms with E-state index in [1.54, 1.807) is 0 Å². The molecule has 1 fully saturated rings. The fourth-order valence-corrected chi connectivity index (χ4v) is 4.07. The molecule has 0 saturated carbocycles. The van der Waals surface area contributed by atoms with Crippen molar-refractivity contribution in [3.05, 3.63) is 24.0 Å². The van der Waals surface area contributed by atoms with Gasteiger partial charge >= 0.3 is 0 Å². The lowest BCUT2D eigenvalue weighted by Gasteiger charge is -2.23. The molecule has 0 spiro atoms. The number of nitrogens with two attached hydrogens (primary N) is 1. The van der Waals surface area contributed by atoms with E-state index in [0.717, 1.165) is 25.3 Å². The topological polar surface area (TPSA) is 63.4 Å². The quantitative estimate of drug-likeness (QED) is 0.854. The Morgan fingerprint density at radius 3 is 2.65 bits per heavy atom. The molecule has 0 radical (unpaired) electrons. The van der Waals surface area contributed by atoms with Gasteiger partial charge in [-0.2, -0.15) is 4.31 Å². The van der Waals surface area contributed by atoms with Crippen molar-refractivity contribution in [2.75, 3.05) is 18.8 Å². The minimum Gasteiger partial charge on any atom is -0.399 e. The average Bonchev–Trinajstić information content (AvgIpc) is 2.53. The summed E-state index contributed by atoms with van der Waals surface area (Å²) in [6.07, 6.45) is 2.53. The van der Waals surface area contributed by atoms with Crippen molar-refractivity contribution in [1.29, 1.82) is 0 Å². The maximum absolute atomic E-state index is 13.8. The van der Waals surface area contributed by atoms with Gasteiger partial charge in [-0.15, -0.1) is 0 Å². The minimum atomic E-state index is -3.81. The van der Waals surface area contributed by atoms with Crippen molar-refractivity contribution in [1.82, 2.24) is 4.31 Å². The molecule has 0 aromatic heterocycles. The van der Waals surface area contributed by atoms with Crippen molar-refractivity contribution < 1.29 is 12.8 Å². The van der Waals surface area contributed by atoms with Crippen molar-refractivity contribution in [2.45, 2.75) is 38.0 Å². The van der Waals surface area contributed by atoms with Crippen LogP contribution in [0.15, 0.2) is 23.1 Å². The van der Waals surface area contributed by atoms with Gasteiger partial charge in [0.1, 0.15) is 10.7 Å². The van der Waals surface area contributed by atoms with Crippen molar-refractivity contribution >= 4 is 15.7 Å².